The number of benzene rings is 3. The van der Waals surface area contributed by atoms with E-state index in [9.17, 15) is 4.79 Å². The standard InChI is InChI=1S/C28H21ClN2O2/c29-27-15-13-20-17-19(12-14-26(20)31-27)7-5-6-16-30-28(32)33-18-25-23-10-3-1-8-21(23)22-9-2-4-11-24(22)25/h1-4,8-15,17,25H,6,16,18H2,(H,30,32). The first-order chi connectivity index (χ1) is 16.2. The SMILES string of the molecule is O=C(NCCC#Cc1ccc2nc(Cl)ccc2c1)OCC1c2ccccc2-c2ccccc21. The van der Waals surface area contributed by atoms with Gasteiger partial charge in [0.15, 0.2) is 0 Å². The minimum absolute atomic E-state index is 0.0558. The molecule has 3 aromatic carbocycles. The summed E-state index contributed by atoms with van der Waals surface area (Å²) in [5, 5.41) is 4.25. The molecule has 5 heteroatoms. The smallest absolute Gasteiger partial charge is 0.407 e. The zero-order chi connectivity index (χ0) is 22.6. The molecule has 33 heavy (non-hydrogen) atoms. The van der Waals surface area contributed by atoms with Gasteiger partial charge < -0.3 is 10.1 Å². The number of fused-ring (bicyclic) bond motifs is 4. The summed E-state index contributed by atoms with van der Waals surface area (Å²) >= 11 is 5.92. The van der Waals surface area contributed by atoms with Gasteiger partial charge in [-0.25, -0.2) is 9.78 Å². The van der Waals surface area contributed by atoms with Crippen LogP contribution >= 0.6 is 11.6 Å². The van der Waals surface area contributed by atoms with Crippen molar-refractivity contribution >= 4 is 28.6 Å². The highest BCUT2D eigenvalue weighted by Crippen LogP contribution is 2.44. The van der Waals surface area contributed by atoms with Crippen molar-refractivity contribution in [3.63, 3.8) is 0 Å². The molecule has 0 aliphatic heterocycles. The normalized spacial score (nSPS) is 11.9. The number of amides is 1. The Kier molecular flexibility index (Phi) is 5.97. The van der Waals surface area contributed by atoms with Gasteiger partial charge in [-0.1, -0.05) is 72.0 Å². The van der Waals surface area contributed by atoms with Gasteiger partial charge in [-0.2, -0.15) is 0 Å². The summed E-state index contributed by atoms with van der Waals surface area (Å²) in [6.45, 7) is 0.731. The molecule has 0 bridgehead atoms. The summed E-state index contributed by atoms with van der Waals surface area (Å²) < 4.78 is 5.55. The largest absolute Gasteiger partial charge is 0.449 e. The van der Waals surface area contributed by atoms with Gasteiger partial charge >= 0.3 is 6.09 Å². The van der Waals surface area contributed by atoms with Gasteiger partial charge in [-0.15, -0.1) is 0 Å². The minimum Gasteiger partial charge on any atom is -0.449 e. The predicted molar refractivity (Wildman–Crippen MR) is 131 cm³/mol. The maximum Gasteiger partial charge on any atom is 0.407 e. The summed E-state index contributed by atoms with van der Waals surface area (Å²) in [6.07, 6.45) is 0.105. The zero-order valence-electron chi connectivity index (χ0n) is 17.8. The van der Waals surface area contributed by atoms with E-state index in [0.29, 0.717) is 24.7 Å². The average molecular weight is 453 g/mol. The number of pyridine rings is 1. The van der Waals surface area contributed by atoms with Crippen LogP contribution in [-0.2, 0) is 4.74 Å². The van der Waals surface area contributed by atoms with E-state index in [1.165, 1.54) is 22.3 Å². The van der Waals surface area contributed by atoms with Crippen molar-refractivity contribution in [3.8, 4) is 23.0 Å². The fraction of sp³-hybridized carbons (Fsp3) is 0.143. The van der Waals surface area contributed by atoms with Crippen LogP contribution in [0.5, 0.6) is 0 Å². The molecule has 162 valence electrons. The molecule has 1 aliphatic carbocycles. The number of nitrogens with one attached hydrogen (secondary N) is 1. The van der Waals surface area contributed by atoms with Crippen LogP contribution in [0, 0.1) is 11.8 Å². The van der Waals surface area contributed by atoms with E-state index in [4.69, 9.17) is 16.3 Å². The van der Waals surface area contributed by atoms with Gasteiger partial charge in [0, 0.05) is 29.8 Å². The molecule has 0 fully saturated rings. The lowest BCUT2D eigenvalue weighted by molar-refractivity contribution is 0.143. The van der Waals surface area contributed by atoms with Gasteiger partial charge in [-0.05, 0) is 52.6 Å². The number of carbonyl (C=O) groups is 1. The third-order valence-corrected chi connectivity index (χ3v) is 5.96. The third kappa shape index (κ3) is 4.55. The Morgan fingerprint density at radius 2 is 1.70 bits per heavy atom. The summed E-state index contributed by atoms with van der Waals surface area (Å²) in [5.74, 6) is 6.27. The maximum absolute atomic E-state index is 12.2. The lowest BCUT2D eigenvalue weighted by Crippen LogP contribution is -2.26. The Hall–Kier alpha value is -3.81. The molecule has 5 rings (SSSR count). The molecule has 0 saturated carbocycles. The van der Waals surface area contributed by atoms with Crippen LogP contribution in [0.3, 0.4) is 0 Å². The number of aromatic nitrogens is 1. The number of nitrogens with zero attached hydrogens (tertiary/aromatic N) is 1. The van der Waals surface area contributed by atoms with Gasteiger partial charge in [0.25, 0.3) is 0 Å². The average Bonchev–Trinajstić information content (AvgIpc) is 3.16. The Bertz CT molecular complexity index is 1360. The Balaban J connectivity index is 1.13. The quantitative estimate of drug-likeness (QED) is 0.229. The van der Waals surface area contributed by atoms with E-state index < -0.39 is 6.09 Å². The number of rotatable bonds is 4. The van der Waals surface area contributed by atoms with E-state index >= 15 is 0 Å². The van der Waals surface area contributed by atoms with Crippen molar-refractivity contribution in [3.05, 3.63) is 101 Å². The lowest BCUT2D eigenvalue weighted by Gasteiger charge is -2.14. The van der Waals surface area contributed by atoms with Gasteiger partial charge in [0.05, 0.1) is 5.52 Å². The highest BCUT2D eigenvalue weighted by atomic mass is 35.5. The van der Waals surface area contributed by atoms with Crippen molar-refractivity contribution in [2.24, 2.45) is 0 Å². The predicted octanol–water partition coefficient (Wildman–Crippen LogP) is 6.17. The van der Waals surface area contributed by atoms with Gasteiger partial charge in [0.1, 0.15) is 11.8 Å². The maximum atomic E-state index is 12.2. The van der Waals surface area contributed by atoms with Gasteiger partial charge in [-0.3, -0.25) is 0 Å². The fourth-order valence-electron chi connectivity index (χ4n) is 4.22. The summed E-state index contributed by atoms with van der Waals surface area (Å²) in [4.78, 5) is 16.5. The van der Waals surface area contributed by atoms with Crippen LogP contribution in [0.1, 0.15) is 29.0 Å². The fourth-order valence-corrected chi connectivity index (χ4v) is 4.37. The van der Waals surface area contributed by atoms with Crippen molar-refractivity contribution in [2.45, 2.75) is 12.3 Å². The molecular formula is C28H21ClN2O2. The molecular weight excluding hydrogens is 432 g/mol. The summed E-state index contributed by atoms with van der Waals surface area (Å²) in [6, 6.07) is 26.1. The van der Waals surface area contributed by atoms with E-state index in [0.717, 1.165) is 16.5 Å². The first kappa shape index (κ1) is 21.1. The molecule has 0 unspecified atom stereocenters. The van der Waals surface area contributed by atoms with Crippen molar-refractivity contribution in [1.82, 2.24) is 10.3 Å². The molecule has 1 aliphatic rings. The summed E-state index contributed by atoms with van der Waals surface area (Å²) in [5.41, 5.74) is 6.56. The van der Waals surface area contributed by atoms with Crippen LogP contribution < -0.4 is 5.32 Å². The second kappa shape index (κ2) is 9.36. The van der Waals surface area contributed by atoms with Crippen LogP contribution in [0.15, 0.2) is 78.9 Å². The van der Waals surface area contributed by atoms with Crippen LogP contribution in [0.4, 0.5) is 4.79 Å². The number of hydrogen-bond acceptors (Lipinski definition) is 3. The molecule has 0 radical (unpaired) electrons. The van der Waals surface area contributed by atoms with E-state index in [-0.39, 0.29) is 5.92 Å². The molecule has 1 aromatic heterocycles. The van der Waals surface area contributed by atoms with Crippen LogP contribution in [0.2, 0.25) is 5.15 Å². The number of ether oxygens (including phenoxy) is 1. The second-order valence-electron chi connectivity index (χ2n) is 7.85. The Morgan fingerprint density at radius 3 is 2.45 bits per heavy atom. The monoisotopic (exact) mass is 452 g/mol. The third-order valence-electron chi connectivity index (χ3n) is 5.75. The Morgan fingerprint density at radius 1 is 0.970 bits per heavy atom. The molecule has 0 atom stereocenters. The molecule has 1 amide bonds. The van der Waals surface area contributed by atoms with Gasteiger partial charge in [0.2, 0.25) is 0 Å². The van der Waals surface area contributed by atoms with Crippen molar-refractivity contribution < 1.29 is 9.53 Å². The van der Waals surface area contributed by atoms with Crippen LogP contribution in [0.25, 0.3) is 22.0 Å². The second-order valence-corrected chi connectivity index (χ2v) is 8.23. The zero-order valence-corrected chi connectivity index (χ0v) is 18.6. The van der Waals surface area contributed by atoms with Crippen molar-refractivity contribution in [2.75, 3.05) is 13.2 Å². The molecule has 4 aromatic rings. The minimum atomic E-state index is -0.424. The summed E-state index contributed by atoms with van der Waals surface area (Å²) in [7, 11) is 0. The highest BCUT2D eigenvalue weighted by Gasteiger charge is 2.28. The number of alkyl carbamates (subject to hydrolysis) is 1. The molecule has 1 heterocycles. The first-order valence-corrected chi connectivity index (χ1v) is 11.2. The lowest BCUT2D eigenvalue weighted by atomic mass is 9.98. The van der Waals surface area contributed by atoms with E-state index in [1.54, 1.807) is 6.07 Å². The molecule has 1 N–H and O–H groups in total. The first-order valence-electron chi connectivity index (χ1n) is 10.8. The number of hydrogen-bond donors (Lipinski definition) is 1. The van der Waals surface area contributed by atoms with Crippen molar-refractivity contribution in [1.29, 1.82) is 0 Å². The molecule has 0 spiro atoms. The molecule has 4 nitrogen and oxygen atoms in total. The van der Waals surface area contributed by atoms with E-state index in [1.807, 2.05) is 48.5 Å². The topological polar surface area (TPSA) is 51.2 Å². The van der Waals surface area contributed by atoms with E-state index in [2.05, 4.69) is 46.4 Å². The molecule has 0 saturated heterocycles. The van der Waals surface area contributed by atoms with Crippen LogP contribution in [-0.4, -0.2) is 24.2 Å². The number of halogens is 1. The number of carbonyl (C=O) groups excluding carboxylic acids is 1. The Labute approximate surface area is 197 Å². The highest BCUT2D eigenvalue weighted by molar-refractivity contribution is 6.29.